The number of thioether (sulfide) groups is 1. The molecular formula is C13H18N4O2S. The van der Waals surface area contributed by atoms with Gasteiger partial charge in [-0.05, 0) is 39.7 Å². The minimum Gasteiger partial charge on any atom is -0.335 e. The molecule has 2 rings (SSSR count). The van der Waals surface area contributed by atoms with Crippen molar-refractivity contribution in [2.45, 2.75) is 49.9 Å². The number of carbonyl (C=O) groups is 2. The van der Waals surface area contributed by atoms with Crippen molar-refractivity contribution >= 4 is 23.7 Å². The molecule has 1 aliphatic carbocycles. The predicted molar refractivity (Wildman–Crippen MR) is 76.5 cm³/mol. The van der Waals surface area contributed by atoms with Crippen molar-refractivity contribution in [1.29, 1.82) is 0 Å². The quantitative estimate of drug-likeness (QED) is 0.650. The Morgan fingerprint density at radius 1 is 1.35 bits per heavy atom. The lowest BCUT2D eigenvalue weighted by Crippen LogP contribution is -2.43. The normalized spacial score (nSPS) is 15.6. The molecular weight excluding hydrogens is 276 g/mol. The maximum atomic E-state index is 11.9. The van der Waals surface area contributed by atoms with Crippen LogP contribution in [-0.4, -0.2) is 33.2 Å². The molecule has 0 bridgehead atoms. The highest BCUT2D eigenvalue weighted by atomic mass is 32.2. The molecule has 6 nitrogen and oxygen atoms in total. The fraction of sp³-hybridized carbons (Fsp3) is 0.538. The maximum Gasteiger partial charge on any atom is 0.321 e. The molecule has 0 aliphatic heterocycles. The number of nitrogens with one attached hydrogen (secondary N) is 2. The highest BCUT2D eigenvalue weighted by Gasteiger charge is 2.25. The van der Waals surface area contributed by atoms with Crippen molar-refractivity contribution in [3.05, 3.63) is 17.6 Å². The summed E-state index contributed by atoms with van der Waals surface area (Å²) in [5, 5.41) is 5.40. The molecule has 0 saturated heterocycles. The molecule has 0 aromatic carbocycles. The van der Waals surface area contributed by atoms with Gasteiger partial charge in [0.1, 0.15) is 10.9 Å². The summed E-state index contributed by atoms with van der Waals surface area (Å²) in [5.41, 5.74) is 0.860. The Morgan fingerprint density at radius 3 is 2.65 bits per heavy atom. The van der Waals surface area contributed by atoms with Gasteiger partial charge in [0.05, 0.1) is 5.25 Å². The number of amides is 3. The average Bonchev–Trinajstić information content (AvgIpc) is 3.10. The van der Waals surface area contributed by atoms with Crippen LogP contribution in [0.1, 0.15) is 31.3 Å². The Bertz CT molecular complexity index is 511. The van der Waals surface area contributed by atoms with Crippen LogP contribution < -0.4 is 10.6 Å². The molecule has 1 aromatic heterocycles. The molecule has 7 heteroatoms. The van der Waals surface area contributed by atoms with Crippen LogP contribution >= 0.6 is 11.8 Å². The second-order valence-corrected chi connectivity index (χ2v) is 6.25. The van der Waals surface area contributed by atoms with E-state index in [1.807, 2.05) is 19.9 Å². The van der Waals surface area contributed by atoms with Gasteiger partial charge in [-0.1, -0.05) is 11.8 Å². The van der Waals surface area contributed by atoms with E-state index in [9.17, 15) is 9.59 Å². The molecule has 1 fully saturated rings. The third kappa shape index (κ3) is 4.48. The molecule has 1 unspecified atom stereocenters. The fourth-order valence-corrected chi connectivity index (χ4v) is 2.59. The summed E-state index contributed by atoms with van der Waals surface area (Å²) in [6.45, 7) is 5.44. The Morgan fingerprint density at radius 2 is 2.05 bits per heavy atom. The van der Waals surface area contributed by atoms with Gasteiger partial charge in [-0.2, -0.15) is 0 Å². The lowest BCUT2D eigenvalue weighted by atomic mass is 10.4. The van der Waals surface area contributed by atoms with E-state index in [1.165, 1.54) is 11.8 Å². The summed E-state index contributed by atoms with van der Waals surface area (Å²) in [6.07, 6.45) is 1.98. The van der Waals surface area contributed by atoms with Crippen molar-refractivity contribution in [1.82, 2.24) is 20.6 Å². The zero-order chi connectivity index (χ0) is 14.7. The lowest BCUT2D eigenvalue weighted by molar-refractivity contribution is -0.119. The largest absolute Gasteiger partial charge is 0.335 e. The monoisotopic (exact) mass is 294 g/mol. The van der Waals surface area contributed by atoms with Crippen molar-refractivity contribution < 1.29 is 9.59 Å². The minimum absolute atomic E-state index is 0.234. The third-order valence-electron chi connectivity index (χ3n) is 2.76. The first-order valence-electron chi connectivity index (χ1n) is 6.54. The van der Waals surface area contributed by atoms with Gasteiger partial charge in [0.2, 0.25) is 5.91 Å². The Balaban J connectivity index is 1.87. The first-order valence-corrected chi connectivity index (χ1v) is 7.42. The van der Waals surface area contributed by atoms with E-state index in [0.717, 1.165) is 23.6 Å². The fourth-order valence-electron chi connectivity index (χ4n) is 1.64. The standard InChI is InChI=1S/C13H18N4O2S/c1-7-6-11(15-9(3)14-7)20-8(2)12(18)17-13(19)16-10-4-5-10/h6,8,10H,4-5H2,1-3H3,(H2,16,17,18,19). The van der Waals surface area contributed by atoms with Gasteiger partial charge in [-0.15, -0.1) is 0 Å². The predicted octanol–water partition coefficient (Wildman–Crippen LogP) is 1.56. The van der Waals surface area contributed by atoms with Crippen LogP contribution in [0.25, 0.3) is 0 Å². The second kappa shape index (κ2) is 6.21. The zero-order valence-corrected chi connectivity index (χ0v) is 12.6. The van der Waals surface area contributed by atoms with E-state index < -0.39 is 11.3 Å². The third-order valence-corrected chi connectivity index (χ3v) is 3.78. The van der Waals surface area contributed by atoms with E-state index >= 15 is 0 Å². The van der Waals surface area contributed by atoms with Gasteiger partial charge in [-0.3, -0.25) is 10.1 Å². The molecule has 20 heavy (non-hydrogen) atoms. The first-order chi connectivity index (χ1) is 9.44. The summed E-state index contributed by atoms with van der Waals surface area (Å²) in [4.78, 5) is 31.8. The highest BCUT2D eigenvalue weighted by molar-refractivity contribution is 8.00. The molecule has 1 aliphatic rings. The number of hydrogen-bond donors (Lipinski definition) is 2. The Labute approximate surface area is 122 Å². The zero-order valence-electron chi connectivity index (χ0n) is 11.8. The van der Waals surface area contributed by atoms with Crippen molar-refractivity contribution in [2.75, 3.05) is 0 Å². The van der Waals surface area contributed by atoms with Crippen LogP contribution in [-0.2, 0) is 4.79 Å². The summed E-state index contributed by atoms with van der Waals surface area (Å²) < 4.78 is 0. The Kier molecular flexibility index (Phi) is 4.59. The number of hydrogen-bond acceptors (Lipinski definition) is 5. The molecule has 1 saturated carbocycles. The topological polar surface area (TPSA) is 84.0 Å². The van der Waals surface area contributed by atoms with Gasteiger partial charge < -0.3 is 5.32 Å². The number of aromatic nitrogens is 2. The van der Waals surface area contributed by atoms with Crippen LogP contribution in [0.5, 0.6) is 0 Å². The molecule has 1 heterocycles. The first kappa shape index (κ1) is 14.8. The van der Waals surface area contributed by atoms with Crippen LogP contribution in [0.15, 0.2) is 11.1 Å². The number of rotatable bonds is 4. The number of urea groups is 1. The molecule has 3 amide bonds. The molecule has 108 valence electrons. The molecule has 1 aromatic rings. The van der Waals surface area contributed by atoms with E-state index in [-0.39, 0.29) is 11.9 Å². The molecule has 2 N–H and O–H groups in total. The van der Waals surface area contributed by atoms with E-state index in [0.29, 0.717) is 5.82 Å². The lowest BCUT2D eigenvalue weighted by Gasteiger charge is -2.11. The van der Waals surface area contributed by atoms with Crippen molar-refractivity contribution in [3.63, 3.8) is 0 Å². The van der Waals surface area contributed by atoms with E-state index in [4.69, 9.17) is 0 Å². The average molecular weight is 294 g/mol. The highest BCUT2D eigenvalue weighted by Crippen LogP contribution is 2.22. The SMILES string of the molecule is Cc1cc(SC(C)C(=O)NC(=O)NC2CC2)nc(C)n1. The summed E-state index contributed by atoms with van der Waals surface area (Å²) in [5.74, 6) is 0.355. The van der Waals surface area contributed by atoms with E-state index in [1.54, 1.807) is 6.92 Å². The summed E-state index contributed by atoms with van der Waals surface area (Å²) in [7, 11) is 0. The van der Waals surface area contributed by atoms with Crippen molar-refractivity contribution in [2.24, 2.45) is 0 Å². The van der Waals surface area contributed by atoms with Gasteiger partial charge in [0, 0.05) is 11.7 Å². The van der Waals surface area contributed by atoms with Crippen LogP contribution in [0, 0.1) is 13.8 Å². The summed E-state index contributed by atoms with van der Waals surface area (Å²) in [6, 6.07) is 1.64. The number of nitrogens with zero attached hydrogens (tertiary/aromatic N) is 2. The second-order valence-electron chi connectivity index (χ2n) is 4.89. The van der Waals surface area contributed by atoms with Crippen LogP contribution in [0.2, 0.25) is 0 Å². The molecule has 0 radical (unpaired) electrons. The minimum atomic E-state index is -0.417. The maximum absolute atomic E-state index is 11.9. The van der Waals surface area contributed by atoms with Crippen LogP contribution in [0.4, 0.5) is 4.79 Å². The van der Waals surface area contributed by atoms with Gasteiger partial charge in [0.15, 0.2) is 0 Å². The van der Waals surface area contributed by atoms with Gasteiger partial charge in [0.25, 0.3) is 0 Å². The Hall–Kier alpha value is -1.63. The number of carbonyl (C=O) groups excluding carboxylic acids is 2. The smallest absolute Gasteiger partial charge is 0.321 e. The molecule has 1 atom stereocenters. The van der Waals surface area contributed by atoms with Gasteiger partial charge in [-0.25, -0.2) is 14.8 Å². The number of aryl methyl sites for hydroxylation is 2. The van der Waals surface area contributed by atoms with E-state index in [2.05, 4.69) is 20.6 Å². The van der Waals surface area contributed by atoms with Gasteiger partial charge >= 0.3 is 6.03 Å². The number of imide groups is 1. The summed E-state index contributed by atoms with van der Waals surface area (Å²) >= 11 is 1.31. The molecule has 0 spiro atoms. The van der Waals surface area contributed by atoms with Crippen LogP contribution in [0.3, 0.4) is 0 Å². The van der Waals surface area contributed by atoms with Crippen molar-refractivity contribution in [3.8, 4) is 0 Å².